The second-order valence-electron chi connectivity index (χ2n) is 5.39. The first-order valence-electron chi connectivity index (χ1n) is 7.26. The number of hydrogen-bond acceptors (Lipinski definition) is 6. The Bertz CT molecular complexity index is 860. The van der Waals surface area contributed by atoms with E-state index >= 15 is 0 Å². The van der Waals surface area contributed by atoms with Gasteiger partial charge in [-0.1, -0.05) is 6.07 Å². The van der Waals surface area contributed by atoms with Gasteiger partial charge >= 0.3 is 0 Å². The smallest absolute Gasteiger partial charge is 0.247 e. The fourth-order valence-corrected chi connectivity index (χ4v) is 4.33. The van der Waals surface area contributed by atoms with Crippen molar-refractivity contribution in [3.8, 4) is 11.5 Å². The van der Waals surface area contributed by atoms with Crippen molar-refractivity contribution in [2.75, 3.05) is 20.5 Å². The van der Waals surface area contributed by atoms with Crippen molar-refractivity contribution >= 4 is 27.1 Å². The maximum atomic E-state index is 12.2. The van der Waals surface area contributed by atoms with Crippen LogP contribution in [0.5, 0.6) is 11.5 Å². The Hall–Kier alpha value is -2.06. The third-order valence-electron chi connectivity index (χ3n) is 3.82. The zero-order valence-electron chi connectivity index (χ0n) is 13.6. The summed E-state index contributed by atoms with van der Waals surface area (Å²) < 4.78 is 36.2. The van der Waals surface area contributed by atoms with Crippen molar-refractivity contribution < 1.29 is 17.9 Å². The Morgan fingerprint density at radius 2 is 2.04 bits per heavy atom. The lowest BCUT2D eigenvalue weighted by molar-refractivity contribution is 0.348. The molecule has 2 aromatic rings. The van der Waals surface area contributed by atoms with Crippen molar-refractivity contribution in [3.05, 3.63) is 46.2 Å². The molecule has 0 saturated carbocycles. The lowest BCUT2D eigenvalue weighted by Gasteiger charge is -2.23. The van der Waals surface area contributed by atoms with Crippen LogP contribution < -0.4 is 9.47 Å². The Morgan fingerprint density at radius 3 is 2.62 bits per heavy atom. The molecule has 0 unspecified atom stereocenters. The Morgan fingerprint density at radius 1 is 1.25 bits per heavy atom. The number of hydrazone groups is 1. The summed E-state index contributed by atoms with van der Waals surface area (Å²) in [6.07, 6.45) is 1.66. The first-order valence-corrected chi connectivity index (χ1v) is 9.99. The highest BCUT2D eigenvalue weighted by Gasteiger charge is 2.36. The predicted molar refractivity (Wildman–Crippen MR) is 94.4 cm³/mol. The highest BCUT2D eigenvalue weighted by Crippen LogP contribution is 2.40. The van der Waals surface area contributed by atoms with Crippen LogP contribution in [-0.2, 0) is 10.0 Å². The van der Waals surface area contributed by atoms with Crippen LogP contribution in [0.1, 0.15) is 22.9 Å². The van der Waals surface area contributed by atoms with Gasteiger partial charge in [-0.05, 0) is 23.6 Å². The second kappa shape index (κ2) is 6.45. The van der Waals surface area contributed by atoms with E-state index in [4.69, 9.17) is 9.47 Å². The monoisotopic (exact) mass is 366 g/mol. The zero-order valence-corrected chi connectivity index (χ0v) is 15.2. The van der Waals surface area contributed by atoms with Gasteiger partial charge in [0.2, 0.25) is 10.0 Å². The van der Waals surface area contributed by atoms with E-state index in [1.54, 1.807) is 37.7 Å². The number of ether oxygens (including phenoxy) is 2. The zero-order chi connectivity index (χ0) is 17.3. The predicted octanol–water partition coefficient (Wildman–Crippen LogP) is 2.88. The van der Waals surface area contributed by atoms with Crippen molar-refractivity contribution in [1.82, 2.24) is 4.41 Å². The van der Waals surface area contributed by atoms with Gasteiger partial charge in [0, 0.05) is 18.1 Å². The average Bonchev–Trinajstić information content (AvgIpc) is 3.22. The minimum atomic E-state index is -3.50. The highest BCUT2D eigenvalue weighted by atomic mass is 32.2. The molecule has 128 valence electrons. The van der Waals surface area contributed by atoms with E-state index in [9.17, 15) is 8.42 Å². The molecular weight excluding hydrogens is 348 g/mol. The van der Waals surface area contributed by atoms with E-state index in [1.165, 1.54) is 4.41 Å². The van der Waals surface area contributed by atoms with Gasteiger partial charge in [0.15, 0.2) is 0 Å². The summed E-state index contributed by atoms with van der Waals surface area (Å²) in [7, 11) is -0.372. The molecule has 1 aromatic carbocycles. The molecule has 0 N–H and O–H groups in total. The molecule has 1 aliphatic rings. The number of thiophene rings is 1. The number of nitrogens with zero attached hydrogens (tertiary/aromatic N) is 2. The van der Waals surface area contributed by atoms with E-state index in [2.05, 4.69) is 5.10 Å². The van der Waals surface area contributed by atoms with Crippen LogP contribution >= 0.6 is 11.3 Å². The maximum absolute atomic E-state index is 12.2. The molecule has 0 bridgehead atoms. The van der Waals surface area contributed by atoms with Gasteiger partial charge < -0.3 is 9.47 Å². The first-order chi connectivity index (χ1) is 11.4. The summed E-state index contributed by atoms with van der Waals surface area (Å²) in [6, 6.07) is 8.80. The molecule has 2 heterocycles. The fourth-order valence-electron chi connectivity index (χ4n) is 2.71. The van der Waals surface area contributed by atoms with E-state index in [0.29, 0.717) is 17.9 Å². The molecule has 1 aliphatic heterocycles. The quantitative estimate of drug-likeness (QED) is 0.816. The molecular formula is C16H18N2O4S2. The topological polar surface area (TPSA) is 68.2 Å². The number of benzene rings is 1. The highest BCUT2D eigenvalue weighted by molar-refractivity contribution is 7.88. The normalized spacial score (nSPS) is 17.7. The van der Waals surface area contributed by atoms with Crippen LogP contribution in [0.15, 0.2) is 40.8 Å². The lowest BCUT2D eigenvalue weighted by Crippen LogP contribution is -2.26. The summed E-state index contributed by atoms with van der Waals surface area (Å²) in [5.74, 6) is 1.23. The van der Waals surface area contributed by atoms with Crippen LogP contribution in [0.3, 0.4) is 0 Å². The van der Waals surface area contributed by atoms with Crippen molar-refractivity contribution in [2.24, 2.45) is 5.10 Å². The Labute approximate surface area is 145 Å². The molecule has 24 heavy (non-hydrogen) atoms. The van der Waals surface area contributed by atoms with Gasteiger partial charge in [-0.2, -0.15) is 9.52 Å². The Kier molecular flexibility index (Phi) is 4.51. The van der Waals surface area contributed by atoms with Crippen LogP contribution in [0.25, 0.3) is 0 Å². The van der Waals surface area contributed by atoms with Gasteiger partial charge in [0.05, 0.1) is 37.1 Å². The molecule has 0 spiro atoms. The summed E-state index contributed by atoms with van der Waals surface area (Å²) in [5, 5.41) is 6.31. The average molecular weight is 366 g/mol. The maximum Gasteiger partial charge on any atom is 0.247 e. The molecule has 6 nitrogen and oxygen atoms in total. The number of rotatable bonds is 5. The lowest BCUT2D eigenvalue weighted by atomic mass is 10.0. The van der Waals surface area contributed by atoms with Crippen molar-refractivity contribution in [3.63, 3.8) is 0 Å². The number of sulfonamides is 1. The third-order valence-corrected chi connectivity index (χ3v) is 5.75. The number of hydrogen-bond donors (Lipinski definition) is 0. The Balaban J connectivity index is 2.04. The molecule has 0 radical (unpaired) electrons. The van der Waals surface area contributed by atoms with Crippen LogP contribution in [-0.4, -0.2) is 39.0 Å². The third kappa shape index (κ3) is 3.11. The van der Waals surface area contributed by atoms with E-state index in [1.807, 2.05) is 23.6 Å². The number of methoxy groups -OCH3 is 2. The molecule has 1 aromatic heterocycles. The molecule has 1 atom stereocenters. The van der Waals surface area contributed by atoms with Gasteiger partial charge in [0.25, 0.3) is 0 Å². The van der Waals surface area contributed by atoms with Crippen molar-refractivity contribution in [2.45, 2.75) is 12.5 Å². The second-order valence-corrected chi connectivity index (χ2v) is 8.18. The summed E-state index contributed by atoms with van der Waals surface area (Å²) in [4.78, 5) is 0.971. The summed E-state index contributed by atoms with van der Waals surface area (Å²) in [6.45, 7) is 0. The van der Waals surface area contributed by atoms with E-state index < -0.39 is 16.1 Å². The van der Waals surface area contributed by atoms with E-state index in [0.717, 1.165) is 22.4 Å². The fraction of sp³-hybridized carbons (Fsp3) is 0.312. The van der Waals surface area contributed by atoms with Crippen LogP contribution in [0, 0.1) is 0 Å². The molecule has 0 aliphatic carbocycles. The first kappa shape index (κ1) is 16.8. The SMILES string of the molecule is COc1ccc([C@H]2CC(c3cccs3)=NN2S(C)(=O)=O)c(OC)c1. The van der Waals surface area contributed by atoms with Gasteiger partial charge in [-0.25, -0.2) is 8.42 Å². The van der Waals surface area contributed by atoms with Gasteiger partial charge in [-0.3, -0.25) is 0 Å². The molecule has 0 amide bonds. The van der Waals surface area contributed by atoms with Gasteiger partial charge in [0.1, 0.15) is 11.5 Å². The summed E-state index contributed by atoms with van der Waals surface area (Å²) in [5.41, 5.74) is 1.53. The van der Waals surface area contributed by atoms with Crippen molar-refractivity contribution in [1.29, 1.82) is 0 Å². The molecule has 8 heteroatoms. The largest absolute Gasteiger partial charge is 0.497 e. The molecule has 3 rings (SSSR count). The van der Waals surface area contributed by atoms with Gasteiger partial charge in [-0.15, -0.1) is 11.3 Å². The molecule has 0 saturated heterocycles. The minimum absolute atomic E-state index is 0.432. The van der Waals surface area contributed by atoms with E-state index in [-0.39, 0.29) is 0 Å². The minimum Gasteiger partial charge on any atom is -0.497 e. The van der Waals surface area contributed by atoms with Crippen LogP contribution in [0.2, 0.25) is 0 Å². The standard InChI is InChI=1S/C16H18N2O4S2/c1-21-11-6-7-12(15(9-11)22-2)14-10-13(16-5-4-8-23-16)17-18(14)24(3,19)20/h4-9,14H,10H2,1-3H3/t14-/m1/s1. The van der Waals surface area contributed by atoms with Crippen LogP contribution in [0.4, 0.5) is 0 Å². The molecule has 0 fully saturated rings. The summed E-state index contributed by atoms with van der Waals surface area (Å²) >= 11 is 1.54.